The van der Waals surface area contributed by atoms with Gasteiger partial charge >= 0.3 is 5.97 Å². The summed E-state index contributed by atoms with van der Waals surface area (Å²) < 4.78 is 4.72. The highest BCUT2D eigenvalue weighted by Crippen LogP contribution is 2.31. The molecule has 120 valence electrons. The molecule has 2 rings (SSSR count). The Morgan fingerprint density at radius 3 is 2.95 bits per heavy atom. The van der Waals surface area contributed by atoms with Crippen molar-refractivity contribution in [3.05, 3.63) is 17.0 Å². The molecular formula is C14H19N3O4S. The van der Waals surface area contributed by atoms with Crippen molar-refractivity contribution in [2.45, 2.75) is 18.9 Å². The Labute approximate surface area is 132 Å². The van der Waals surface area contributed by atoms with Gasteiger partial charge in [0.05, 0.1) is 12.7 Å². The smallest absolute Gasteiger partial charge is 0.340 e. The van der Waals surface area contributed by atoms with E-state index >= 15 is 0 Å². The Morgan fingerprint density at radius 2 is 2.27 bits per heavy atom. The number of nitrogens with one attached hydrogen (secondary N) is 2. The van der Waals surface area contributed by atoms with E-state index in [-0.39, 0.29) is 11.8 Å². The molecule has 0 aromatic carbocycles. The fraction of sp³-hybridized carbons (Fsp3) is 0.500. The molecule has 8 heteroatoms. The number of hydrogen-bond acceptors (Lipinski definition) is 6. The van der Waals surface area contributed by atoms with Gasteiger partial charge in [0.1, 0.15) is 11.0 Å². The van der Waals surface area contributed by atoms with Gasteiger partial charge < -0.3 is 20.3 Å². The number of anilines is 1. The van der Waals surface area contributed by atoms with Crippen molar-refractivity contribution in [1.29, 1.82) is 0 Å². The molecule has 1 atom stereocenters. The van der Waals surface area contributed by atoms with Gasteiger partial charge in [-0.25, -0.2) is 4.79 Å². The molecule has 1 aliphatic rings. The van der Waals surface area contributed by atoms with Crippen LogP contribution in [0.4, 0.5) is 5.00 Å². The first-order valence-corrected chi connectivity index (χ1v) is 7.87. The third-order valence-corrected chi connectivity index (χ3v) is 4.37. The maximum absolute atomic E-state index is 12.4. The molecule has 2 heterocycles. The molecule has 1 aromatic heterocycles. The first-order chi connectivity index (χ1) is 10.6. The topological polar surface area (TPSA) is 87.7 Å². The minimum absolute atomic E-state index is 0.158. The number of carbonyl (C=O) groups is 3. The third-order valence-electron chi connectivity index (χ3n) is 3.44. The second-order valence-electron chi connectivity index (χ2n) is 4.88. The van der Waals surface area contributed by atoms with Crippen LogP contribution in [0.25, 0.3) is 0 Å². The number of thiophene rings is 1. The molecule has 0 spiro atoms. The number of hydrogen-bond donors (Lipinski definition) is 2. The van der Waals surface area contributed by atoms with Crippen LogP contribution in [-0.4, -0.2) is 51.1 Å². The Hall–Kier alpha value is -1.93. The van der Waals surface area contributed by atoms with E-state index in [0.29, 0.717) is 36.5 Å². The molecule has 0 radical (unpaired) electrons. The summed E-state index contributed by atoms with van der Waals surface area (Å²) in [5.74, 6) is -0.815. The van der Waals surface area contributed by atoms with E-state index in [4.69, 9.17) is 4.74 Å². The number of rotatable bonds is 6. The zero-order valence-corrected chi connectivity index (χ0v) is 13.4. The number of nitrogens with zero attached hydrogens (tertiary/aromatic N) is 1. The first kappa shape index (κ1) is 16.4. The van der Waals surface area contributed by atoms with E-state index in [1.54, 1.807) is 23.4 Å². The summed E-state index contributed by atoms with van der Waals surface area (Å²) in [6, 6.07) is 1.11. The monoisotopic (exact) mass is 325 g/mol. The van der Waals surface area contributed by atoms with Crippen LogP contribution in [0.15, 0.2) is 11.4 Å². The van der Waals surface area contributed by atoms with Crippen molar-refractivity contribution in [3.63, 3.8) is 0 Å². The molecule has 1 aromatic rings. The summed E-state index contributed by atoms with van der Waals surface area (Å²) in [6.45, 7) is 1.04. The highest BCUT2D eigenvalue weighted by atomic mass is 32.1. The summed E-state index contributed by atoms with van der Waals surface area (Å²) in [5, 5.41) is 7.94. The molecule has 1 saturated heterocycles. The van der Waals surface area contributed by atoms with Gasteiger partial charge in [0.15, 0.2) is 0 Å². The van der Waals surface area contributed by atoms with E-state index in [0.717, 1.165) is 0 Å². The summed E-state index contributed by atoms with van der Waals surface area (Å²) in [4.78, 5) is 37.4. The van der Waals surface area contributed by atoms with Gasteiger partial charge in [-0.05, 0) is 24.9 Å². The second kappa shape index (κ2) is 7.37. The van der Waals surface area contributed by atoms with Gasteiger partial charge in [0, 0.05) is 19.5 Å². The Balaban J connectivity index is 2.04. The highest BCUT2D eigenvalue weighted by molar-refractivity contribution is 7.14. The zero-order chi connectivity index (χ0) is 16.1. The number of esters is 1. The normalized spacial score (nSPS) is 17.6. The summed E-state index contributed by atoms with van der Waals surface area (Å²) in [5.41, 5.74) is 0.378. The molecule has 0 saturated carbocycles. The standard InChI is InChI=1S/C14H19N3O4S/c1-15-6-3-11(18)16-10-4-7-17(12(10)19)13-9(5-8-22-13)14(20)21-2/h5,8,10,15H,3-4,6-7H2,1-2H3,(H,16,18). The summed E-state index contributed by atoms with van der Waals surface area (Å²) in [7, 11) is 3.07. The van der Waals surface area contributed by atoms with E-state index in [1.165, 1.54) is 18.4 Å². The maximum atomic E-state index is 12.4. The Bertz CT molecular complexity index is 572. The van der Waals surface area contributed by atoms with Crippen LogP contribution in [0.2, 0.25) is 0 Å². The van der Waals surface area contributed by atoms with E-state index in [9.17, 15) is 14.4 Å². The zero-order valence-electron chi connectivity index (χ0n) is 12.5. The number of methoxy groups -OCH3 is 1. The molecule has 22 heavy (non-hydrogen) atoms. The van der Waals surface area contributed by atoms with Crippen molar-refractivity contribution in [2.24, 2.45) is 0 Å². The van der Waals surface area contributed by atoms with Crippen LogP contribution in [0, 0.1) is 0 Å². The molecule has 0 bridgehead atoms. The average Bonchev–Trinajstić information content (AvgIpc) is 3.12. The number of carbonyl (C=O) groups excluding carboxylic acids is 3. The Kier molecular flexibility index (Phi) is 5.51. The van der Waals surface area contributed by atoms with Crippen molar-refractivity contribution < 1.29 is 19.1 Å². The summed E-state index contributed by atoms with van der Waals surface area (Å²) >= 11 is 1.31. The van der Waals surface area contributed by atoms with Gasteiger partial charge in [0.2, 0.25) is 11.8 Å². The van der Waals surface area contributed by atoms with Gasteiger partial charge in [-0.15, -0.1) is 11.3 Å². The van der Waals surface area contributed by atoms with Crippen molar-refractivity contribution in [3.8, 4) is 0 Å². The predicted octanol–water partition coefficient (Wildman–Crippen LogP) is 0.366. The van der Waals surface area contributed by atoms with Crippen LogP contribution >= 0.6 is 11.3 Å². The highest BCUT2D eigenvalue weighted by Gasteiger charge is 2.36. The van der Waals surface area contributed by atoms with Crippen LogP contribution < -0.4 is 15.5 Å². The lowest BCUT2D eigenvalue weighted by molar-refractivity contribution is -0.126. The van der Waals surface area contributed by atoms with Crippen LogP contribution in [-0.2, 0) is 14.3 Å². The molecule has 0 aliphatic carbocycles. The van der Waals surface area contributed by atoms with Gasteiger partial charge in [-0.3, -0.25) is 9.59 Å². The van der Waals surface area contributed by atoms with Crippen LogP contribution in [0.5, 0.6) is 0 Å². The Morgan fingerprint density at radius 1 is 1.50 bits per heavy atom. The van der Waals surface area contributed by atoms with Gasteiger partial charge in [0.25, 0.3) is 0 Å². The third kappa shape index (κ3) is 3.45. The quantitative estimate of drug-likeness (QED) is 0.738. The van der Waals surface area contributed by atoms with Crippen molar-refractivity contribution >= 4 is 34.1 Å². The average molecular weight is 325 g/mol. The molecular weight excluding hydrogens is 306 g/mol. The second-order valence-corrected chi connectivity index (χ2v) is 5.78. The number of amides is 2. The lowest BCUT2D eigenvalue weighted by Gasteiger charge is -2.16. The molecule has 2 N–H and O–H groups in total. The molecule has 1 fully saturated rings. The summed E-state index contributed by atoms with van der Waals surface area (Å²) in [6.07, 6.45) is 0.856. The van der Waals surface area contributed by atoms with Gasteiger partial charge in [-0.2, -0.15) is 0 Å². The minimum atomic E-state index is -0.531. The lowest BCUT2D eigenvalue weighted by Crippen LogP contribution is -2.42. The molecule has 7 nitrogen and oxygen atoms in total. The fourth-order valence-corrected chi connectivity index (χ4v) is 3.22. The SMILES string of the molecule is CNCCC(=O)NC1CCN(c2sccc2C(=O)OC)C1=O. The lowest BCUT2D eigenvalue weighted by atomic mass is 10.2. The van der Waals surface area contributed by atoms with E-state index < -0.39 is 12.0 Å². The van der Waals surface area contributed by atoms with Gasteiger partial charge in [-0.1, -0.05) is 0 Å². The first-order valence-electron chi connectivity index (χ1n) is 6.99. The van der Waals surface area contributed by atoms with Crippen molar-refractivity contribution in [2.75, 3.05) is 32.1 Å². The predicted molar refractivity (Wildman–Crippen MR) is 83.1 cm³/mol. The fourth-order valence-electron chi connectivity index (χ4n) is 2.30. The minimum Gasteiger partial charge on any atom is -0.465 e. The molecule has 1 unspecified atom stereocenters. The van der Waals surface area contributed by atoms with Crippen LogP contribution in [0.1, 0.15) is 23.2 Å². The maximum Gasteiger partial charge on any atom is 0.340 e. The van der Waals surface area contributed by atoms with E-state index in [2.05, 4.69) is 10.6 Å². The van der Waals surface area contributed by atoms with E-state index in [1.807, 2.05) is 0 Å². The van der Waals surface area contributed by atoms with Crippen LogP contribution in [0.3, 0.4) is 0 Å². The number of ether oxygens (including phenoxy) is 1. The molecule has 1 aliphatic heterocycles. The molecule has 2 amide bonds. The largest absolute Gasteiger partial charge is 0.465 e. The van der Waals surface area contributed by atoms with Crippen molar-refractivity contribution in [1.82, 2.24) is 10.6 Å².